The normalized spacial score (nSPS) is 13.5. The summed E-state index contributed by atoms with van der Waals surface area (Å²) < 4.78 is 1.09. The zero-order chi connectivity index (χ0) is 14.1. The van der Waals surface area contributed by atoms with Crippen molar-refractivity contribution in [3.05, 3.63) is 33.3 Å². The van der Waals surface area contributed by atoms with E-state index in [1.807, 2.05) is 20.8 Å². The molecule has 1 nitrogen and oxygen atoms in total. The van der Waals surface area contributed by atoms with Crippen LogP contribution in [0.3, 0.4) is 0 Å². The van der Waals surface area contributed by atoms with Gasteiger partial charge in [0.2, 0.25) is 0 Å². The van der Waals surface area contributed by atoms with Gasteiger partial charge in [0.1, 0.15) is 0 Å². The van der Waals surface area contributed by atoms with E-state index >= 15 is 0 Å². The van der Waals surface area contributed by atoms with E-state index in [2.05, 4.69) is 57.8 Å². The molecule has 0 aliphatic rings. The third kappa shape index (κ3) is 3.92. The van der Waals surface area contributed by atoms with Gasteiger partial charge in [-0.3, -0.25) is 4.79 Å². The van der Waals surface area contributed by atoms with Gasteiger partial charge in [0, 0.05) is 9.89 Å². The van der Waals surface area contributed by atoms with Crippen LogP contribution < -0.4 is 0 Å². The van der Waals surface area contributed by atoms with Crippen LogP contribution >= 0.6 is 31.9 Å². The van der Waals surface area contributed by atoms with Gasteiger partial charge in [-0.2, -0.15) is 0 Å². The number of Topliss-reactive ketones (excluding diaryl/α,β-unsaturated/α-hetero) is 1. The molecule has 0 heterocycles. The fourth-order valence-corrected chi connectivity index (χ4v) is 3.79. The fourth-order valence-electron chi connectivity index (χ4n) is 1.95. The number of rotatable bonds is 3. The van der Waals surface area contributed by atoms with Crippen molar-refractivity contribution in [3.63, 3.8) is 0 Å². The van der Waals surface area contributed by atoms with Gasteiger partial charge in [0.25, 0.3) is 0 Å². The highest BCUT2D eigenvalue weighted by Gasteiger charge is 2.28. The minimum absolute atomic E-state index is 0.129. The van der Waals surface area contributed by atoms with E-state index in [-0.39, 0.29) is 16.0 Å². The molecule has 0 aromatic heterocycles. The minimum Gasteiger partial charge on any atom is -0.298 e. The van der Waals surface area contributed by atoms with Gasteiger partial charge in [-0.15, -0.1) is 0 Å². The van der Waals surface area contributed by atoms with Gasteiger partial charge in [-0.1, -0.05) is 58.7 Å². The van der Waals surface area contributed by atoms with E-state index in [4.69, 9.17) is 0 Å². The van der Waals surface area contributed by atoms with Gasteiger partial charge in [-0.25, -0.2) is 0 Å². The topological polar surface area (TPSA) is 17.1 Å². The second kappa shape index (κ2) is 5.87. The van der Waals surface area contributed by atoms with Gasteiger partial charge >= 0.3 is 0 Å². The molecular formula is C15H20Br2O. The summed E-state index contributed by atoms with van der Waals surface area (Å²) in [4.78, 5) is 12.1. The van der Waals surface area contributed by atoms with E-state index in [1.165, 1.54) is 16.7 Å². The number of benzene rings is 1. The quantitative estimate of drug-likeness (QED) is 0.680. The van der Waals surface area contributed by atoms with Gasteiger partial charge in [0.05, 0.1) is 4.83 Å². The summed E-state index contributed by atoms with van der Waals surface area (Å²) in [6.45, 7) is 10.0. The second-order valence-electron chi connectivity index (χ2n) is 5.83. The van der Waals surface area contributed by atoms with Crippen LogP contribution in [0, 0.1) is 19.3 Å². The Balaban J connectivity index is 2.96. The molecule has 0 bridgehead atoms. The summed E-state index contributed by atoms with van der Waals surface area (Å²) in [6, 6.07) is 4.25. The highest BCUT2D eigenvalue weighted by atomic mass is 79.9. The fraction of sp³-hybridized carbons (Fsp3) is 0.533. The van der Waals surface area contributed by atoms with Crippen molar-refractivity contribution >= 4 is 37.6 Å². The van der Waals surface area contributed by atoms with E-state index < -0.39 is 0 Å². The first-order valence-corrected chi connectivity index (χ1v) is 7.78. The minimum atomic E-state index is -0.306. The Morgan fingerprint density at radius 3 is 2.28 bits per heavy atom. The molecule has 0 aliphatic carbocycles. The molecule has 0 saturated heterocycles. The zero-order valence-electron chi connectivity index (χ0n) is 11.6. The van der Waals surface area contributed by atoms with Crippen molar-refractivity contribution in [2.45, 2.75) is 45.9 Å². The number of halogens is 2. The maximum atomic E-state index is 12.2. The lowest BCUT2D eigenvalue weighted by Gasteiger charge is -2.22. The van der Waals surface area contributed by atoms with E-state index in [9.17, 15) is 4.79 Å². The molecule has 0 fully saturated rings. The average Bonchev–Trinajstić information content (AvgIpc) is 2.20. The molecule has 0 amide bonds. The summed E-state index contributed by atoms with van der Waals surface area (Å²) in [6.07, 6.45) is 0.725. The lowest BCUT2D eigenvalue weighted by Crippen LogP contribution is -2.30. The van der Waals surface area contributed by atoms with Crippen LogP contribution in [0.2, 0.25) is 0 Å². The first-order chi connectivity index (χ1) is 8.12. The number of alkyl halides is 1. The predicted molar refractivity (Wildman–Crippen MR) is 84.5 cm³/mol. The summed E-state index contributed by atoms with van der Waals surface area (Å²) in [7, 11) is 0. The van der Waals surface area contributed by atoms with Crippen LogP contribution in [0.25, 0.3) is 0 Å². The SMILES string of the molecule is Cc1cc(C)c(CC(Br)C(=O)C(C)(C)C)c(Br)c1. The van der Waals surface area contributed by atoms with Crippen molar-refractivity contribution in [1.29, 1.82) is 0 Å². The Bertz CT molecular complexity index is 435. The number of ketones is 1. The Hall–Kier alpha value is -0.150. The van der Waals surface area contributed by atoms with Gasteiger partial charge in [0.15, 0.2) is 5.78 Å². The third-order valence-corrected chi connectivity index (χ3v) is 4.42. The Morgan fingerprint density at radius 1 is 1.28 bits per heavy atom. The van der Waals surface area contributed by atoms with Crippen molar-refractivity contribution in [1.82, 2.24) is 0 Å². The molecule has 0 saturated carbocycles. The van der Waals surface area contributed by atoms with E-state index in [0.717, 1.165) is 10.9 Å². The maximum absolute atomic E-state index is 12.2. The molecule has 1 aromatic rings. The zero-order valence-corrected chi connectivity index (χ0v) is 14.8. The van der Waals surface area contributed by atoms with Gasteiger partial charge in [-0.05, 0) is 43.0 Å². The number of carbonyl (C=O) groups is 1. The first kappa shape index (κ1) is 15.9. The Kier molecular flexibility index (Phi) is 5.19. The number of carbonyl (C=O) groups excluding carboxylic acids is 1. The smallest absolute Gasteiger partial charge is 0.152 e. The molecule has 1 unspecified atom stereocenters. The standard InChI is InChI=1S/C15H20Br2O/c1-9-6-10(2)11(12(16)7-9)8-13(17)14(18)15(3,4)5/h6-7,13H,8H2,1-5H3. The molecule has 1 rings (SSSR count). The van der Waals surface area contributed by atoms with E-state index in [1.54, 1.807) is 0 Å². The van der Waals surface area contributed by atoms with Crippen molar-refractivity contribution in [2.75, 3.05) is 0 Å². The molecule has 0 aliphatic heterocycles. The molecule has 0 radical (unpaired) electrons. The summed E-state index contributed by atoms with van der Waals surface area (Å²) in [5.41, 5.74) is 3.36. The van der Waals surface area contributed by atoms with Crippen LogP contribution in [-0.2, 0) is 11.2 Å². The lowest BCUT2D eigenvalue weighted by molar-refractivity contribution is -0.125. The molecule has 100 valence electrons. The molecule has 0 N–H and O–H groups in total. The Labute approximate surface area is 127 Å². The van der Waals surface area contributed by atoms with Crippen LogP contribution in [0.15, 0.2) is 16.6 Å². The van der Waals surface area contributed by atoms with Crippen molar-refractivity contribution < 1.29 is 4.79 Å². The highest BCUT2D eigenvalue weighted by Crippen LogP contribution is 2.28. The van der Waals surface area contributed by atoms with Crippen LogP contribution in [-0.4, -0.2) is 10.6 Å². The summed E-state index contributed by atoms with van der Waals surface area (Å²) in [5.74, 6) is 0.245. The van der Waals surface area contributed by atoms with Crippen LogP contribution in [0.1, 0.15) is 37.5 Å². The van der Waals surface area contributed by atoms with Crippen molar-refractivity contribution in [3.8, 4) is 0 Å². The number of hydrogen-bond donors (Lipinski definition) is 0. The van der Waals surface area contributed by atoms with Crippen LogP contribution in [0.5, 0.6) is 0 Å². The van der Waals surface area contributed by atoms with Crippen LogP contribution in [0.4, 0.5) is 0 Å². The Morgan fingerprint density at radius 2 is 1.83 bits per heavy atom. The number of hydrogen-bond acceptors (Lipinski definition) is 1. The summed E-state index contributed by atoms with van der Waals surface area (Å²) >= 11 is 7.13. The second-order valence-corrected chi connectivity index (χ2v) is 7.79. The van der Waals surface area contributed by atoms with Gasteiger partial charge < -0.3 is 0 Å². The first-order valence-electron chi connectivity index (χ1n) is 6.07. The maximum Gasteiger partial charge on any atom is 0.152 e. The number of aryl methyl sites for hydroxylation is 2. The average molecular weight is 376 g/mol. The lowest BCUT2D eigenvalue weighted by atomic mass is 9.87. The monoisotopic (exact) mass is 374 g/mol. The third-order valence-electron chi connectivity index (χ3n) is 2.97. The molecule has 0 spiro atoms. The molecule has 1 aromatic carbocycles. The largest absolute Gasteiger partial charge is 0.298 e. The molecular weight excluding hydrogens is 356 g/mol. The van der Waals surface area contributed by atoms with Crippen molar-refractivity contribution in [2.24, 2.45) is 5.41 Å². The van der Waals surface area contributed by atoms with E-state index in [0.29, 0.717) is 0 Å². The summed E-state index contributed by atoms with van der Waals surface area (Å²) in [5, 5.41) is 0. The molecule has 3 heteroatoms. The highest BCUT2D eigenvalue weighted by molar-refractivity contribution is 9.10. The predicted octanol–water partition coefficient (Wildman–Crippen LogP) is 4.99. The molecule has 18 heavy (non-hydrogen) atoms. The molecule has 1 atom stereocenters.